The molecule has 1 heterocycles. The van der Waals surface area contributed by atoms with Crippen LogP contribution in [0.5, 0.6) is 0 Å². The van der Waals surface area contributed by atoms with Gasteiger partial charge in [0, 0.05) is 23.5 Å². The number of aromatic nitrogens is 1. The van der Waals surface area contributed by atoms with Crippen molar-refractivity contribution in [1.29, 1.82) is 0 Å². The highest BCUT2D eigenvalue weighted by Crippen LogP contribution is 2.19. The Labute approximate surface area is 213 Å². The minimum atomic E-state index is -1.44. The lowest BCUT2D eigenvalue weighted by molar-refractivity contribution is -0.139. The molecule has 0 spiro atoms. The largest absolute Gasteiger partial charge is 0.480 e. The van der Waals surface area contributed by atoms with Crippen molar-refractivity contribution >= 4 is 34.6 Å². The van der Waals surface area contributed by atoms with Gasteiger partial charge in [0.15, 0.2) is 0 Å². The fourth-order valence-electron chi connectivity index (χ4n) is 3.90. The second-order valence-corrected chi connectivity index (χ2v) is 8.76. The molecule has 2 aromatic carbocycles. The van der Waals surface area contributed by atoms with Gasteiger partial charge < -0.3 is 36.9 Å². The van der Waals surface area contributed by atoms with Gasteiger partial charge in [-0.3, -0.25) is 19.2 Å². The number of hydrogen-bond acceptors (Lipinski definition) is 6. The smallest absolute Gasteiger partial charge is 0.322 e. The zero-order valence-corrected chi connectivity index (χ0v) is 20.3. The molecule has 37 heavy (non-hydrogen) atoms. The average molecular weight is 510 g/mol. The number of nitrogens with one attached hydrogen (secondary N) is 4. The Morgan fingerprint density at radius 2 is 1.59 bits per heavy atom. The van der Waals surface area contributed by atoms with Crippen LogP contribution in [0.2, 0.25) is 0 Å². The van der Waals surface area contributed by atoms with Gasteiger partial charge in [0.05, 0.1) is 12.1 Å². The van der Waals surface area contributed by atoms with Gasteiger partial charge in [-0.25, -0.2) is 0 Å². The molecule has 4 atom stereocenters. The van der Waals surface area contributed by atoms with Crippen molar-refractivity contribution in [1.82, 2.24) is 20.9 Å². The molecule has 3 aromatic rings. The number of amides is 3. The predicted molar refractivity (Wildman–Crippen MR) is 136 cm³/mol. The highest BCUT2D eigenvalue weighted by atomic mass is 16.4. The minimum absolute atomic E-state index is 0.0723. The molecular weight excluding hydrogens is 478 g/mol. The summed E-state index contributed by atoms with van der Waals surface area (Å²) in [6.45, 7) is 0.607. The summed E-state index contributed by atoms with van der Waals surface area (Å²) in [5.41, 5.74) is 8.56. The number of carboxylic acids is 1. The van der Waals surface area contributed by atoms with Crippen LogP contribution in [-0.2, 0) is 32.0 Å². The molecule has 0 aliphatic carbocycles. The summed E-state index contributed by atoms with van der Waals surface area (Å²) in [5.74, 6) is -3.45. The van der Waals surface area contributed by atoms with E-state index in [0.29, 0.717) is 0 Å². The van der Waals surface area contributed by atoms with Crippen molar-refractivity contribution in [3.05, 3.63) is 71.9 Å². The first-order chi connectivity index (χ1) is 17.7. The number of aliphatic hydroxyl groups is 1. The van der Waals surface area contributed by atoms with E-state index in [2.05, 4.69) is 20.9 Å². The average Bonchev–Trinajstić information content (AvgIpc) is 3.28. The third kappa shape index (κ3) is 7.63. The number of hydrogen-bond donors (Lipinski definition) is 7. The number of H-pyrrole nitrogens is 1. The second kappa shape index (κ2) is 12.7. The van der Waals surface area contributed by atoms with Crippen LogP contribution < -0.4 is 21.7 Å². The molecule has 8 N–H and O–H groups in total. The monoisotopic (exact) mass is 509 g/mol. The third-order valence-corrected chi connectivity index (χ3v) is 5.84. The maximum absolute atomic E-state index is 13.3. The summed E-state index contributed by atoms with van der Waals surface area (Å²) in [6, 6.07) is 13.1. The molecule has 0 radical (unpaired) electrons. The highest BCUT2D eigenvalue weighted by Gasteiger charge is 2.31. The van der Waals surface area contributed by atoms with E-state index in [9.17, 15) is 24.3 Å². The van der Waals surface area contributed by atoms with Crippen LogP contribution in [0.25, 0.3) is 10.9 Å². The number of aliphatic carboxylic acids is 1. The standard InChI is InChI=1S/C26H31N5O6/c1-15(32)23(26(37)29-14-22(33)34)31-25(36)21(12-17-13-28-20-10-6-5-9-18(17)20)30-24(35)19(27)11-16-7-3-2-4-8-16/h2-10,13,15,19,21,23,28,32H,11-12,14,27H2,1H3,(H,29,37)(H,30,35)(H,31,36)(H,33,34). The summed E-state index contributed by atoms with van der Waals surface area (Å²) in [7, 11) is 0. The van der Waals surface area contributed by atoms with Crippen molar-refractivity contribution in [2.24, 2.45) is 5.73 Å². The van der Waals surface area contributed by atoms with E-state index in [4.69, 9.17) is 10.8 Å². The number of carbonyl (C=O) groups is 4. The van der Waals surface area contributed by atoms with Gasteiger partial charge in [-0.1, -0.05) is 48.5 Å². The van der Waals surface area contributed by atoms with Crippen LogP contribution in [0.3, 0.4) is 0 Å². The number of fused-ring (bicyclic) bond motifs is 1. The minimum Gasteiger partial charge on any atom is -0.480 e. The Balaban J connectivity index is 1.80. The normalized spacial score (nSPS) is 14.2. The summed E-state index contributed by atoms with van der Waals surface area (Å²) in [6.07, 6.45) is 0.722. The van der Waals surface area contributed by atoms with E-state index in [1.807, 2.05) is 54.6 Å². The van der Waals surface area contributed by atoms with Crippen molar-refractivity contribution in [3.8, 4) is 0 Å². The molecule has 11 nitrogen and oxygen atoms in total. The quantitative estimate of drug-likeness (QED) is 0.177. The topological polar surface area (TPSA) is 187 Å². The van der Waals surface area contributed by atoms with Gasteiger partial charge in [-0.05, 0) is 30.5 Å². The van der Waals surface area contributed by atoms with E-state index >= 15 is 0 Å². The predicted octanol–water partition coefficient (Wildman–Crippen LogP) is -0.168. The molecular formula is C26H31N5O6. The van der Waals surface area contributed by atoms with Gasteiger partial charge in [0.1, 0.15) is 18.6 Å². The zero-order valence-electron chi connectivity index (χ0n) is 20.3. The number of nitrogens with two attached hydrogens (primary N) is 1. The molecule has 11 heteroatoms. The summed E-state index contributed by atoms with van der Waals surface area (Å²) < 4.78 is 0. The molecule has 3 rings (SSSR count). The number of rotatable bonds is 12. The van der Waals surface area contributed by atoms with Crippen molar-refractivity contribution < 1.29 is 29.4 Å². The van der Waals surface area contributed by atoms with Crippen molar-refractivity contribution in [2.45, 2.75) is 44.0 Å². The van der Waals surface area contributed by atoms with E-state index in [0.717, 1.165) is 22.0 Å². The zero-order chi connectivity index (χ0) is 26.9. The van der Waals surface area contributed by atoms with E-state index in [-0.39, 0.29) is 12.8 Å². The van der Waals surface area contributed by atoms with Crippen molar-refractivity contribution in [2.75, 3.05) is 6.54 Å². The van der Waals surface area contributed by atoms with Crippen LogP contribution in [0.15, 0.2) is 60.8 Å². The number of para-hydroxylation sites is 1. The van der Waals surface area contributed by atoms with Crippen LogP contribution in [0.1, 0.15) is 18.1 Å². The van der Waals surface area contributed by atoms with Crippen LogP contribution in [0.4, 0.5) is 0 Å². The second-order valence-electron chi connectivity index (χ2n) is 8.76. The first-order valence-corrected chi connectivity index (χ1v) is 11.8. The number of aliphatic hydroxyl groups excluding tert-OH is 1. The number of carbonyl (C=O) groups excluding carboxylic acids is 3. The maximum atomic E-state index is 13.3. The Morgan fingerprint density at radius 1 is 0.919 bits per heavy atom. The van der Waals surface area contributed by atoms with Crippen LogP contribution in [-0.4, -0.2) is 69.7 Å². The molecule has 1 aromatic heterocycles. The lowest BCUT2D eigenvalue weighted by Crippen LogP contribution is -2.59. The Hall–Kier alpha value is -4.22. The van der Waals surface area contributed by atoms with Crippen LogP contribution in [0, 0.1) is 0 Å². The molecule has 4 unspecified atom stereocenters. The first kappa shape index (κ1) is 27.4. The van der Waals surface area contributed by atoms with E-state index in [1.54, 1.807) is 6.20 Å². The number of aromatic amines is 1. The fraction of sp³-hybridized carbons (Fsp3) is 0.308. The van der Waals surface area contributed by atoms with Gasteiger partial charge >= 0.3 is 5.97 Å². The SMILES string of the molecule is CC(O)C(NC(=O)C(Cc1c[nH]c2ccccc12)NC(=O)C(N)Cc1ccccc1)C(=O)NCC(=O)O. The number of benzene rings is 2. The fourth-order valence-corrected chi connectivity index (χ4v) is 3.90. The van der Waals surface area contributed by atoms with Crippen molar-refractivity contribution in [3.63, 3.8) is 0 Å². The Morgan fingerprint density at radius 3 is 2.27 bits per heavy atom. The molecule has 0 aliphatic heterocycles. The molecule has 196 valence electrons. The summed E-state index contributed by atoms with van der Waals surface area (Å²) in [4.78, 5) is 52.6. The van der Waals surface area contributed by atoms with Gasteiger partial charge in [0.25, 0.3) is 0 Å². The van der Waals surface area contributed by atoms with Gasteiger partial charge in [-0.15, -0.1) is 0 Å². The molecule has 0 aliphatic rings. The molecule has 0 bridgehead atoms. The van der Waals surface area contributed by atoms with Crippen LogP contribution >= 0.6 is 0 Å². The van der Waals surface area contributed by atoms with Gasteiger partial charge in [0.2, 0.25) is 17.7 Å². The Kier molecular flexibility index (Phi) is 9.36. The highest BCUT2D eigenvalue weighted by molar-refractivity contribution is 5.94. The first-order valence-electron chi connectivity index (χ1n) is 11.8. The maximum Gasteiger partial charge on any atom is 0.322 e. The third-order valence-electron chi connectivity index (χ3n) is 5.84. The van der Waals surface area contributed by atoms with E-state index in [1.165, 1.54) is 6.92 Å². The van der Waals surface area contributed by atoms with Gasteiger partial charge in [-0.2, -0.15) is 0 Å². The molecule has 0 fully saturated rings. The summed E-state index contributed by atoms with van der Waals surface area (Å²) >= 11 is 0. The molecule has 3 amide bonds. The Bertz CT molecular complexity index is 1240. The lowest BCUT2D eigenvalue weighted by Gasteiger charge is -2.25. The molecule has 0 saturated heterocycles. The number of carboxylic acid groups (broad SMARTS) is 1. The van der Waals surface area contributed by atoms with E-state index < -0.39 is 54.5 Å². The summed E-state index contributed by atoms with van der Waals surface area (Å²) in [5, 5.41) is 27.0. The lowest BCUT2D eigenvalue weighted by atomic mass is 10.0. The molecule has 0 saturated carbocycles.